The molecule has 0 saturated carbocycles. The van der Waals surface area contributed by atoms with Gasteiger partial charge in [-0.05, 0) is 12.1 Å². The first-order valence-corrected chi connectivity index (χ1v) is 8.04. The summed E-state index contributed by atoms with van der Waals surface area (Å²) in [6.45, 7) is 6.27. The zero-order valence-corrected chi connectivity index (χ0v) is 14.4. The van der Waals surface area contributed by atoms with Crippen molar-refractivity contribution >= 4 is 46.0 Å². The molecule has 3 nitrogen and oxygen atoms in total. The maximum Gasteiger partial charge on any atom is 0.169 e. The van der Waals surface area contributed by atoms with Gasteiger partial charge in [-0.3, -0.25) is 4.79 Å². The smallest absolute Gasteiger partial charge is 0.169 e. The number of anilines is 1. The van der Waals surface area contributed by atoms with Gasteiger partial charge in [-0.25, -0.2) is 4.98 Å². The molecule has 0 spiro atoms. The van der Waals surface area contributed by atoms with Gasteiger partial charge in [0.2, 0.25) is 0 Å². The summed E-state index contributed by atoms with van der Waals surface area (Å²) < 4.78 is 0. The molecule has 0 bridgehead atoms. The summed E-state index contributed by atoms with van der Waals surface area (Å²) in [5.41, 5.74) is 7.38. The lowest BCUT2D eigenvalue weighted by molar-refractivity contribution is 0.0993. The number of nitrogens with zero attached hydrogens (tertiary/aromatic N) is 1. The lowest BCUT2D eigenvalue weighted by Gasteiger charge is -2.14. The van der Waals surface area contributed by atoms with Gasteiger partial charge in [-0.2, -0.15) is 0 Å². The minimum absolute atomic E-state index is 0.0222. The van der Waals surface area contributed by atoms with Gasteiger partial charge in [0.15, 0.2) is 5.78 Å². The van der Waals surface area contributed by atoms with Gasteiger partial charge in [-0.15, -0.1) is 11.3 Å². The number of rotatable bonds is 3. The average Bonchev–Trinajstić information content (AvgIpc) is 2.83. The standard InChI is InChI=1S/C15H16Cl2N2OS/c1-15(2,3)12-7-21-13(19-12)6-11(20)8-4-9(16)14(18)10(17)5-8/h4-5,7H,6,18H2,1-3H3. The summed E-state index contributed by atoms with van der Waals surface area (Å²) in [4.78, 5) is 16.8. The van der Waals surface area contributed by atoms with Crippen LogP contribution < -0.4 is 5.73 Å². The van der Waals surface area contributed by atoms with Gasteiger partial charge < -0.3 is 5.73 Å². The molecule has 0 aliphatic carbocycles. The minimum atomic E-state index is -0.0754. The van der Waals surface area contributed by atoms with E-state index in [0.29, 0.717) is 21.3 Å². The number of thiazole rings is 1. The topological polar surface area (TPSA) is 56.0 Å². The summed E-state index contributed by atoms with van der Waals surface area (Å²) in [7, 11) is 0. The van der Waals surface area contributed by atoms with Crippen LogP contribution in [-0.4, -0.2) is 10.8 Å². The first kappa shape index (κ1) is 16.3. The fourth-order valence-electron chi connectivity index (χ4n) is 1.72. The molecule has 0 atom stereocenters. The first-order valence-electron chi connectivity index (χ1n) is 6.41. The summed E-state index contributed by atoms with van der Waals surface area (Å²) in [5, 5.41) is 3.36. The largest absolute Gasteiger partial charge is 0.396 e. The highest BCUT2D eigenvalue weighted by molar-refractivity contribution is 7.09. The molecule has 2 rings (SSSR count). The molecule has 112 valence electrons. The number of hydrogen-bond donors (Lipinski definition) is 1. The van der Waals surface area contributed by atoms with E-state index in [1.807, 2.05) is 5.38 Å². The van der Waals surface area contributed by atoms with E-state index in [-0.39, 0.29) is 17.6 Å². The molecule has 0 unspecified atom stereocenters. The van der Waals surface area contributed by atoms with Crippen LogP contribution in [0.4, 0.5) is 5.69 Å². The molecule has 21 heavy (non-hydrogen) atoms. The molecule has 1 aromatic carbocycles. The molecule has 0 amide bonds. The van der Waals surface area contributed by atoms with Crippen LogP contribution in [0.3, 0.4) is 0 Å². The number of ketones is 1. The fourth-order valence-corrected chi connectivity index (χ4v) is 3.23. The number of nitrogens with two attached hydrogens (primary N) is 1. The molecule has 1 heterocycles. The Morgan fingerprint density at radius 3 is 2.33 bits per heavy atom. The lowest BCUT2D eigenvalue weighted by Crippen LogP contribution is -2.12. The third-order valence-electron chi connectivity index (χ3n) is 3.03. The number of nitrogen functional groups attached to an aromatic ring is 1. The molecule has 0 fully saturated rings. The van der Waals surface area contributed by atoms with E-state index >= 15 is 0 Å². The summed E-state index contributed by atoms with van der Waals surface area (Å²) >= 11 is 13.4. The van der Waals surface area contributed by atoms with Gasteiger partial charge in [0.25, 0.3) is 0 Å². The van der Waals surface area contributed by atoms with E-state index in [4.69, 9.17) is 28.9 Å². The number of carbonyl (C=O) groups excluding carboxylic acids is 1. The van der Waals surface area contributed by atoms with Crippen molar-refractivity contribution in [1.29, 1.82) is 0 Å². The van der Waals surface area contributed by atoms with E-state index < -0.39 is 0 Å². The van der Waals surface area contributed by atoms with E-state index in [1.54, 1.807) is 12.1 Å². The SMILES string of the molecule is CC(C)(C)c1csc(CC(=O)c2cc(Cl)c(N)c(Cl)c2)n1. The van der Waals surface area contributed by atoms with Crippen LogP contribution in [-0.2, 0) is 11.8 Å². The Hall–Kier alpha value is -1.10. The summed E-state index contributed by atoms with van der Waals surface area (Å²) in [6, 6.07) is 3.09. The zero-order valence-electron chi connectivity index (χ0n) is 12.0. The fraction of sp³-hybridized carbons (Fsp3) is 0.333. The first-order chi connectivity index (χ1) is 9.68. The molecule has 0 aliphatic rings. The molecule has 2 N–H and O–H groups in total. The second kappa shape index (κ2) is 5.95. The predicted molar refractivity (Wildman–Crippen MR) is 89.7 cm³/mol. The molecule has 2 aromatic rings. The van der Waals surface area contributed by atoms with Crippen molar-refractivity contribution in [2.24, 2.45) is 0 Å². The molecule has 1 aromatic heterocycles. The van der Waals surface area contributed by atoms with Crippen molar-refractivity contribution in [3.05, 3.63) is 43.8 Å². The zero-order chi connectivity index (χ0) is 15.8. The Morgan fingerprint density at radius 2 is 1.86 bits per heavy atom. The highest BCUT2D eigenvalue weighted by atomic mass is 35.5. The number of Topliss-reactive ketones (excluding diaryl/α,β-unsaturated/α-hetero) is 1. The average molecular weight is 343 g/mol. The van der Waals surface area contributed by atoms with Gasteiger partial charge in [0.05, 0.1) is 27.8 Å². The second-order valence-electron chi connectivity index (χ2n) is 5.83. The van der Waals surface area contributed by atoms with E-state index in [9.17, 15) is 4.79 Å². The molecule has 0 aliphatic heterocycles. The highest BCUT2D eigenvalue weighted by Gasteiger charge is 2.19. The third kappa shape index (κ3) is 3.76. The van der Waals surface area contributed by atoms with Crippen molar-refractivity contribution in [3.63, 3.8) is 0 Å². The summed E-state index contributed by atoms with van der Waals surface area (Å²) in [6.07, 6.45) is 0.233. The second-order valence-corrected chi connectivity index (χ2v) is 7.59. The van der Waals surface area contributed by atoms with Crippen LogP contribution in [0, 0.1) is 0 Å². The monoisotopic (exact) mass is 342 g/mol. The Kier molecular flexibility index (Phi) is 4.61. The van der Waals surface area contributed by atoms with Crippen LogP contribution in [0.5, 0.6) is 0 Å². The van der Waals surface area contributed by atoms with Crippen molar-refractivity contribution < 1.29 is 4.79 Å². The molecule has 0 radical (unpaired) electrons. The molecular weight excluding hydrogens is 327 g/mol. The Labute approximate surface area is 138 Å². The Bertz CT molecular complexity index is 666. The van der Waals surface area contributed by atoms with Crippen LogP contribution in [0.1, 0.15) is 41.8 Å². The molecule has 0 saturated heterocycles. The van der Waals surface area contributed by atoms with Crippen molar-refractivity contribution in [1.82, 2.24) is 4.98 Å². The van der Waals surface area contributed by atoms with Crippen LogP contribution in [0.25, 0.3) is 0 Å². The van der Waals surface area contributed by atoms with E-state index in [2.05, 4.69) is 25.8 Å². The molecular formula is C15H16Cl2N2OS. The lowest BCUT2D eigenvalue weighted by atomic mass is 9.93. The van der Waals surface area contributed by atoms with Gasteiger partial charge in [0, 0.05) is 16.4 Å². The van der Waals surface area contributed by atoms with Crippen LogP contribution >= 0.6 is 34.5 Å². The van der Waals surface area contributed by atoms with Gasteiger partial charge in [-0.1, -0.05) is 44.0 Å². The van der Waals surface area contributed by atoms with Crippen molar-refractivity contribution in [3.8, 4) is 0 Å². The Balaban J connectivity index is 2.20. The van der Waals surface area contributed by atoms with E-state index in [1.165, 1.54) is 11.3 Å². The quantitative estimate of drug-likeness (QED) is 0.646. The van der Waals surface area contributed by atoms with Gasteiger partial charge in [0.1, 0.15) is 5.01 Å². The third-order valence-corrected chi connectivity index (χ3v) is 4.51. The van der Waals surface area contributed by atoms with Gasteiger partial charge >= 0.3 is 0 Å². The van der Waals surface area contributed by atoms with Crippen LogP contribution in [0.2, 0.25) is 10.0 Å². The van der Waals surface area contributed by atoms with E-state index in [0.717, 1.165) is 10.7 Å². The normalized spacial score (nSPS) is 11.7. The number of aromatic nitrogens is 1. The number of carbonyl (C=O) groups is 1. The predicted octanol–water partition coefficient (Wildman–Crippen LogP) is 4.76. The van der Waals surface area contributed by atoms with Crippen molar-refractivity contribution in [2.45, 2.75) is 32.6 Å². The van der Waals surface area contributed by atoms with Crippen molar-refractivity contribution in [2.75, 3.05) is 5.73 Å². The van der Waals surface area contributed by atoms with Crippen LogP contribution in [0.15, 0.2) is 17.5 Å². The highest BCUT2D eigenvalue weighted by Crippen LogP contribution is 2.30. The maximum atomic E-state index is 12.3. The molecule has 6 heteroatoms. The number of benzene rings is 1. The number of hydrogen-bond acceptors (Lipinski definition) is 4. The maximum absolute atomic E-state index is 12.3. The Morgan fingerprint density at radius 1 is 1.29 bits per heavy atom. The summed E-state index contributed by atoms with van der Waals surface area (Å²) in [5.74, 6) is -0.0754. The number of halogens is 2. The minimum Gasteiger partial charge on any atom is -0.396 e.